The first kappa shape index (κ1) is 16.5. The lowest BCUT2D eigenvalue weighted by Crippen LogP contribution is -2.24. The summed E-state index contributed by atoms with van der Waals surface area (Å²) in [6.07, 6.45) is -10.7. The Kier molecular flexibility index (Phi) is 4.50. The molecule has 1 aromatic rings. The number of aryl methyl sites for hydroxylation is 2. The van der Waals surface area contributed by atoms with E-state index in [0.29, 0.717) is 0 Å². The van der Waals surface area contributed by atoms with Crippen LogP contribution in [-0.2, 0) is 6.54 Å². The highest BCUT2D eigenvalue weighted by atomic mass is 19.4. The summed E-state index contributed by atoms with van der Waals surface area (Å²) in [5.41, 5.74) is -0.812. The van der Waals surface area contributed by atoms with Gasteiger partial charge < -0.3 is 0 Å². The summed E-state index contributed by atoms with van der Waals surface area (Å²) in [5.74, 6) is -2.03. The maximum absolute atomic E-state index is 12.4. The smallest absolute Gasteiger partial charge is 0.284 e. The summed E-state index contributed by atoms with van der Waals surface area (Å²) in [6, 6.07) is 0. The van der Waals surface area contributed by atoms with E-state index < -0.39 is 30.1 Å². The summed E-state index contributed by atoms with van der Waals surface area (Å²) in [7, 11) is 0. The van der Waals surface area contributed by atoms with Crippen molar-refractivity contribution in [2.75, 3.05) is 0 Å². The maximum atomic E-state index is 12.4. The Morgan fingerprint density at radius 3 is 2.15 bits per heavy atom. The van der Waals surface area contributed by atoms with Crippen LogP contribution < -0.4 is 0 Å². The summed E-state index contributed by atoms with van der Waals surface area (Å²) >= 11 is 0. The van der Waals surface area contributed by atoms with E-state index in [2.05, 4.69) is 5.10 Å². The van der Waals surface area contributed by atoms with Crippen LogP contribution in [0.3, 0.4) is 0 Å². The number of Topliss-reactive ketones (excluding diaryl/α,β-unsaturated/α-hetero) is 1. The number of hydrogen-bond donors (Lipinski definition) is 0. The first-order valence-corrected chi connectivity index (χ1v) is 5.66. The van der Waals surface area contributed by atoms with E-state index in [-0.39, 0.29) is 24.4 Å². The molecule has 0 atom stereocenters. The summed E-state index contributed by atoms with van der Waals surface area (Å²) < 4.78 is 74.1. The number of hydrogen-bond acceptors (Lipinski definition) is 2. The average Bonchev–Trinajstić information content (AvgIpc) is 2.50. The number of halogens is 6. The highest BCUT2D eigenvalue weighted by Gasteiger charge is 2.42. The number of aromatic nitrogens is 2. The molecule has 1 heterocycles. The molecule has 20 heavy (non-hydrogen) atoms. The topological polar surface area (TPSA) is 34.9 Å². The molecule has 0 aromatic carbocycles. The van der Waals surface area contributed by atoms with Gasteiger partial charge in [-0.3, -0.25) is 9.48 Å². The van der Waals surface area contributed by atoms with Crippen LogP contribution in [0.15, 0.2) is 0 Å². The Morgan fingerprint density at radius 1 is 1.15 bits per heavy atom. The first-order valence-electron chi connectivity index (χ1n) is 5.66. The van der Waals surface area contributed by atoms with E-state index in [1.54, 1.807) is 0 Å². The van der Waals surface area contributed by atoms with Gasteiger partial charge in [0.1, 0.15) is 0 Å². The molecule has 0 aliphatic carbocycles. The van der Waals surface area contributed by atoms with Gasteiger partial charge in [0.15, 0.2) is 0 Å². The molecule has 0 saturated carbocycles. The molecule has 0 unspecified atom stereocenters. The standard InChI is InChI=1S/C11H12F6N2O/c1-6-8(9(20)11(15,16)17)7(2)19(18-6)5-3-4-10(12,13)14/h3-5H2,1-2H3. The van der Waals surface area contributed by atoms with Crippen molar-refractivity contribution >= 4 is 5.78 Å². The molecule has 0 N–H and O–H groups in total. The van der Waals surface area contributed by atoms with Crippen molar-refractivity contribution in [3.8, 4) is 0 Å². The largest absolute Gasteiger partial charge is 0.455 e. The van der Waals surface area contributed by atoms with Gasteiger partial charge in [-0.05, 0) is 20.3 Å². The second-order valence-electron chi connectivity index (χ2n) is 4.31. The lowest BCUT2D eigenvalue weighted by Gasteiger charge is -2.08. The molecule has 1 aromatic heterocycles. The molecule has 114 valence electrons. The second-order valence-corrected chi connectivity index (χ2v) is 4.31. The molecule has 0 aliphatic heterocycles. The maximum Gasteiger partial charge on any atom is 0.455 e. The molecule has 3 nitrogen and oxygen atoms in total. The van der Waals surface area contributed by atoms with Crippen LogP contribution in [0.1, 0.15) is 34.6 Å². The Hall–Kier alpha value is -1.54. The normalized spacial score (nSPS) is 12.8. The Labute approximate surface area is 110 Å². The van der Waals surface area contributed by atoms with Crippen LogP contribution in [0.25, 0.3) is 0 Å². The van der Waals surface area contributed by atoms with Crippen molar-refractivity contribution in [1.29, 1.82) is 0 Å². The molecule has 9 heteroatoms. The van der Waals surface area contributed by atoms with Crippen LogP contribution in [0, 0.1) is 13.8 Å². The number of rotatable bonds is 4. The number of alkyl halides is 6. The molecule has 0 amide bonds. The number of nitrogens with zero attached hydrogens (tertiary/aromatic N) is 2. The third kappa shape index (κ3) is 3.97. The van der Waals surface area contributed by atoms with E-state index >= 15 is 0 Å². The Morgan fingerprint density at radius 2 is 1.70 bits per heavy atom. The fourth-order valence-electron chi connectivity index (χ4n) is 1.81. The third-order valence-corrected chi connectivity index (χ3v) is 2.70. The highest BCUT2D eigenvalue weighted by Crippen LogP contribution is 2.26. The molecule has 0 fully saturated rings. The van der Waals surface area contributed by atoms with Crippen LogP contribution in [-0.4, -0.2) is 27.9 Å². The van der Waals surface area contributed by atoms with Crippen molar-refractivity contribution in [3.05, 3.63) is 17.0 Å². The van der Waals surface area contributed by atoms with Crippen molar-refractivity contribution in [2.45, 2.75) is 45.6 Å². The van der Waals surface area contributed by atoms with Gasteiger partial charge in [-0.1, -0.05) is 0 Å². The van der Waals surface area contributed by atoms with Crippen molar-refractivity contribution in [1.82, 2.24) is 9.78 Å². The molecule has 0 spiro atoms. The lowest BCUT2D eigenvalue weighted by atomic mass is 10.1. The van der Waals surface area contributed by atoms with E-state index in [0.717, 1.165) is 4.68 Å². The molecular formula is C11H12F6N2O. The Bertz CT molecular complexity index is 500. The monoisotopic (exact) mass is 302 g/mol. The number of carbonyl (C=O) groups excluding carboxylic acids is 1. The van der Waals surface area contributed by atoms with Gasteiger partial charge in [-0.15, -0.1) is 0 Å². The average molecular weight is 302 g/mol. The molecule has 0 saturated heterocycles. The summed E-state index contributed by atoms with van der Waals surface area (Å²) in [5, 5.41) is 3.69. The van der Waals surface area contributed by atoms with Gasteiger partial charge in [0, 0.05) is 18.7 Å². The van der Waals surface area contributed by atoms with Crippen molar-refractivity contribution in [3.63, 3.8) is 0 Å². The molecule has 1 rings (SSSR count). The second kappa shape index (κ2) is 5.45. The minimum atomic E-state index is -5.03. The van der Waals surface area contributed by atoms with Gasteiger partial charge in [-0.25, -0.2) is 0 Å². The summed E-state index contributed by atoms with van der Waals surface area (Å²) in [6.45, 7) is 2.25. The highest BCUT2D eigenvalue weighted by molar-refractivity contribution is 6.02. The molecule has 0 bridgehead atoms. The van der Waals surface area contributed by atoms with Crippen molar-refractivity contribution < 1.29 is 31.1 Å². The van der Waals surface area contributed by atoms with Crippen LogP contribution >= 0.6 is 0 Å². The van der Waals surface area contributed by atoms with Gasteiger partial charge in [0.25, 0.3) is 5.78 Å². The van der Waals surface area contributed by atoms with Gasteiger partial charge in [0.05, 0.1) is 11.3 Å². The summed E-state index contributed by atoms with van der Waals surface area (Å²) in [4.78, 5) is 11.2. The van der Waals surface area contributed by atoms with Crippen molar-refractivity contribution in [2.24, 2.45) is 0 Å². The molecule has 0 radical (unpaired) electrons. The third-order valence-electron chi connectivity index (χ3n) is 2.70. The fraction of sp³-hybridized carbons (Fsp3) is 0.636. The van der Waals surface area contributed by atoms with Crippen LogP contribution in [0.4, 0.5) is 26.3 Å². The van der Waals surface area contributed by atoms with E-state index in [4.69, 9.17) is 0 Å². The zero-order valence-electron chi connectivity index (χ0n) is 10.7. The lowest BCUT2D eigenvalue weighted by molar-refractivity contribution is -0.136. The van der Waals surface area contributed by atoms with E-state index in [9.17, 15) is 31.1 Å². The van der Waals surface area contributed by atoms with Crippen LogP contribution in [0.5, 0.6) is 0 Å². The zero-order chi connectivity index (χ0) is 15.7. The van der Waals surface area contributed by atoms with Crippen LogP contribution in [0.2, 0.25) is 0 Å². The quantitative estimate of drug-likeness (QED) is 0.629. The molecular weight excluding hydrogens is 290 g/mol. The Balaban J connectivity index is 2.90. The fourth-order valence-corrected chi connectivity index (χ4v) is 1.81. The minimum Gasteiger partial charge on any atom is -0.284 e. The predicted molar refractivity (Wildman–Crippen MR) is 57.4 cm³/mol. The van der Waals surface area contributed by atoms with E-state index in [1.807, 2.05) is 0 Å². The van der Waals surface area contributed by atoms with Gasteiger partial charge in [0.2, 0.25) is 0 Å². The minimum absolute atomic E-state index is 0.0769. The van der Waals surface area contributed by atoms with Gasteiger partial charge in [-0.2, -0.15) is 31.4 Å². The van der Waals surface area contributed by atoms with Gasteiger partial charge >= 0.3 is 12.4 Å². The molecule has 0 aliphatic rings. The SMILES string of the molecule is Cc1nn(CCCC(F)(F)F)c(C)c1C(=O)C(F)(F)F. The number of ketones is 1. The van der Waals surface area contributed by atoms with E-state index in [1.165, 1.54) is 13.8 Å². The zero-order valence-corrected chi connectivity index (χ0v) is 10.7. The number of carbonyl (C=O) groups is 1. The first-order chi connectivity index (χ1) is 8.93. The predicted octanol–water partition coefficient (Wildman–Crippen LogP) is 3.59.